The van der Waals surface area contributed by atoms with Gasteiger partial charge in [0.2, 0.25) is 5.91 Å². The van der Waals surface area contributed by atoms with Crippen molar-refractivity contribution in [3.05, 3.63) is 28.0 Å². The van der Waals surface area contributed by atoms with Crippen molar-refractivity contribution in [2.45, 2.75) is 19.8 Å². The Morgan fingerprint density at radius 2 is 2.05 bits per heavy atom. The second kappa shape index (κ2) is 7.09. The third kappa shape index (κ3) is 4.32. The molecule has 2 amide bonds. The number of nitrogens with one attached hydrogen (secondary N) is 1. The van der Waals surface area contributed by atoms with E-state index in [1.54, 1.807) is 4.90 Å². The van der Waals surface area contributed by atoms with Gasteiger partial charge in [0, 0.05) is 32.8 Å². The quantitative estimate of drug-likeness (QED) is 0.866. The van der Waals surface area contributed by atoms with Crippen molar-refractivity contribution in [1.29, 1.82) is 0 Å². The molecule has 114 valence electrons. The molecule has 1 aliphatic heterocycles. The molecule has 1 aliphatic rings. The molecule has 1 fully saturated rings. The molecule has 0 unspecified atom stereocenters. The van der Waals surface area contributed by atoms with Gasteiger partial charge in [-0.25, -0.2) is 4.98 Å². The average molecular weight is 330 g/mol. The number of piperidine rings is 1. The number of halogens is 2. The van der Waals surface area contributed by atoms with Gasteiger partial charge in [0.25, 0.3) is 5.91 Å². The van der Waals surface area contributed by atoms with E-state index in [1.165, 1.54) is 19.2 Å². The Kier molecular flexibility index (Phi) is 5.42. The lowest BCUT2D eigenvalue weighted by atomic mass is 9.96. The first-order valence-electron chi connectivity index (χ1n) is 6.82. The van der Waals surface area contributed by atoms with E-state index in [4.69, 9.17) is 23.2 Å². The molecule has 0 bridgehead atoms. The summed E-state index contributed by atoms with van der Waals surface area (Å²) >= 11 is 11.8. The van der Waals surface area contributed by atoms with Crippen molar-refractivity contribution in [2.24, 2.45) is 5.92 Å². The van der Waals surface area contributed by atoms with Gasteiger partial charge in [-0.1, -0.05) is 23.2 Å². The van der Waals surface area contributed by atoms with Crippen LogP contribution in [-0.2, 0) is 4.79 Å². The molecule has 0 aliphatic carbocycles. The summed E-state index contributed by atoms with van der Waals surface area (Å²) in [6.07, 6.45) is 3.12. The first kappa shape index (κ1) is 16.0. The molecule has 1 aromatic rings. The summed E-state index contributed by atoms with van der Waals surface area (Å²) in [6, 6.07) is 1.50. The van der Waals surface area contributed by atoms with Crippen LogP contribution in [-0.4, -0.2) is 41.3 Å². The Labute approximate surface area is 133 Å². The number of nitrogens with zero attached hydrogens (tertiary/aromatic N) is 2. The van der Waals surface area contributed by atoms with Crippen molar-refractivity contribution in [1.82, 2.24) is 15.2 Å². The summed E-state index contributed by atoms with van der Waals surface area (Å²) in [5, 5.41) is 3.38. The standard InChI is InChI=1S/C14H17Cl2N3O2/c1-9(20)17-7-10-2-4-19(5-3-10)14(21)11-6-13(16)18-8-12(11)15/h6,8,10H,2-5,7H2,1H3,(H,17,20). The Morgan fingerprint density at radius 3 is 2.67 bits per heavy atom. The van der Waals surface area contributed by atoms with Crippen LogP contribution in [0.2, 0.25) is 10.2 Å². The van der Waals surface area contributed by atoms with E-state index in [2.05, 4.69) is 10.3 Å². The lowest BCUT2D eigenvalue weighted by molar-refractivity contribution is -0.119. The van der Waals surface area contributed by atoms with E-state index >= 15 is 0 Å². The van der Waals surface area contributed by atoms with Crippen LogP contribution in [0, 0.1) is 5.92 Å². The van der Waals surface area contributed by atoms with Crippen LogP contribution in [0.5, 0.6) is 0 Å². The first-order chi connectivity index (χ1) is 9.97. The number of aromatic nitrogens is 1. The Hall–Kier alpha value is -1.33. The smallest absolute Gasteiger partial charge is 0.255 e. The van der Waals surface area contributed by atoms with Gasteiger partial charge in [0.15, 0.2) is 0 Å². The third-order valence-electron chi connectivity index (χ3n) is 3.59. The Morgan fingerprint density at radius 1 is 1.38 bits per heavy atom. The number of rotatable bonds is 3. The fraction of sp³-hybridized carbons (Fsp3) is 0.500. The molecule has 5 nitrogen and oxygen atoms in total. The summed E-state index contributed by atoms with van der Waals surface area (Å²) in [5.74, 6) is 0.267. The van der Waals surface area contributed by atoms with E-state index in [9.17, 15) is 9.59 Å². The fourth-order valence-electron chi connectivity index (χ4n) is 2.38. The van der Waals surface area contributed by atoms with E-state index in [1.807, 2.05) is 0 Å². The van der Waals surface area contributed by atoms with Gasteiger partial charge in [0.05, 0.1) is 10.6 Å². The van der Waals surface area contributed by atoms with Gasteiger partial charge in [-0.15, -0.1) is 0 Å². The molecular weight excluding hydrogens is 313 g/mol. The molecule has 0 radical (unpaired) electrons. The summed E-state index contributed by atoms with van der Waals surface area (Å²) in [5.41, 5.74) is 0.386. The van der Waals surface area contributed by atoms with Crippen molar-refractivity contribution < 1.29 is 9.59 Å². The molecule has 1 saturated heterocycles. The highest BCUT2D eigenvalue weighted by Gasteiger charge is 2.25. The topological polar surface area (TPSA) is 62.3 Å². The van der Waals surface area contributed by atoms with Gasteiger partial charge in [-0.2, -0.15) is 0 Å². The van der Waals surface area contributed by atoms with Crippen molar-refractivity contribution >= 4 is 35.0 Å². The Balaban J connectivity index is 1.94. The summed E-state index contributed by atoms with van der Waals surface area (Å²) < 4.78 is 0. The molecule has 0 spiro atoms. The molecule has 1 N–H and O–H groups in total. The van der Waals surface area contributed by atoms with Gasteiger partial charge < -0.3 is 10.2 Å². The zero-order valence-electron chi connectivity index (χ0n) is 11.7. The van der Waals surface area contributed by atoms with Crippen LogP contribution in [0.25, 0.3) is 0 Å². The number of amides is 2. The normalized spacial score (nSPS) is 15.9. The highest BCUT2D eigenvalue weighted by molar-refractivity contribution is 6.35. The van der Waals surface area contributed by atoms with Crippen LogP contribution in [0.1, 0.15) is 30.1 Å². The molecule has 2 rings (SSSR count). The Bertz CT molecular complexity index is 543. The van der Waals surface area contributed by atoms with Gasteiger partial charge in [-0.3, -0.25) is 9.59 Å². The van der Waals surface area contributed by atoms with Gasteiger partial charge in [0.1, 0.15) is 5.15 Å². The van der Waals surface area contributed by atoms with E-state index in [0.717, 1.165) is 12.8 Å². The monoisotopic (exact) mass is 329 g/mol. The van der Waals surface area contributed by atoms with Crippen molar-refractivity contribution in [3.8, 4) is 0 Å². The first-order valence-corrected chi connectivity index (χ1v) is 7.57. The lowest BCUT2D eigenvalue weighted by Gasteiger charge is -2.32. The number of hydrogen-bond donors (Lipinski definition) is 1. The minimum absolute atomic E-state index is 0.0216. The number of carbonyl (C=O) groups is 2. The number of likely N-dealkylation sites (tertiary alicyclic amines) is 1. The van der Waals surface area contributed by atoms with E-state index < -0.39 is 0 Å². The highest BCUT2D eigenvalue weighted by atomic mass is 35.5. The molecule has 0 saturated carbocycles. The minimum atomic E-state index is -0.123. The summed E-state index contributed by atoms with van der Waals surface area (Å²) in [6.45, 7) is 3.48. The predicted molar refractivity (Wildman–Crippen MR) is 81.6 cm³/mol. The lowest BCUT2D eigenvalue weighted by Crippen LogP contribution is -2.41. The maximum atomic E-state index is 12.4. The van der Waals surface area contributed by atoms with Crippen LogP contribution < -0.4 is 5.32 Å². The van der Waals surface area contributed by atoms with E-state index in [0.29, 0.717) is 36.1 Å². The second-order valence-electron chi connectivity index (χ2n) is 5.16. The van der Waals surface area contributed by atoms with E-state index in [-0.39, 0.29) is 17.0 Å². The third-order valence-corrected chi connectivity index (χ3v) is 4.10. The molecule has 7 heteroatoms. The maximum Gasteiger partial charge on any atom is 0.255 e. The molecule has 0 atom stereocenters. The summed E-state index contributed by atoms with van der Waals surface area (Å²) in [4.78, 5) is 28.9. The second-order valence-corrected chi connectivity index (χ2v) is 5.95. The zero-order chi connectivity index (χ0) is 15.4. The number of carbonyl (C=O) groups excluding carboxylic acids is 2. The average Bonchev–Trinajstić information content (AvgIpc) is 2.47. The number of hydrogen-bond acceptors (Lipinski definition) is 3. The molecule has 2 heterocycles. The molecule has 1 aromatic heterocycles. The van der Waals surface area contributed by atoms with Gasteiger partial charge in [-0.05, 0) is 24.8 Å². The predicted octanol–water partition coefficient (Wildman–Crippen LogP) is 2.38. The van der Waals surface area contributed by atoms with Crippen LogP contribution in [0.4, 0.5) is 0 Å². The van der Waals surface area contributed by atoms with Crippen LogP contribution >= 0.6 is 23.2 Å². The van der Waals surface area contributed by atoms with Crippen LogP contribution in [0.3, 0.4) is 0 Å². The largest absolute Gasteiger partial charge is 0.356 e. The fourth-order valence-corrected chi connectivity index (χ4v) is 2.72. The minimum Gasteiger partial charge on any atom is -0.356 e. The molecule has 0 aromatic carbocycles. The SMILES string of the molecule is CC(=O)NCC1CCN(C(=O)c2cc(Cl)ncc2Cl)CC1. The van der Waals surface area contributed by atoms with Crippen molar-refractivity contribution in [2.75, 3.05) is 19.6 Å². The van der Waals surface area contributed by atoms with Crippen molar-refractivity contribution in [3.63, 3.8) is 0 Å². The zero-order valence-corrected chi connectivity index (χ0v) is 13.2. The van der Waals surface area contributed by atoms with Gasteiger partial charge >= 0.3 is 0 Å². The van der Waals surface area contributed by atoms with Crippen LogP contribution in [0.15, 0.2) is 12.3 Å². The highest BCUT2D eigenvalue weighted by Crippen LogP contribution is 2.23. The maximum absolute atomic E-state index is 12.4. The summed E-state index contributed by atoms with van der Waals surface area (Å²) in [7, 11) is 0. The molecule has 21 heavy (non-hydrogen) atoms. The molecular formula is C14H17Cl2N3O2. The number of pyridine rings is 1.